The molecule has 0 radical (unpaired) electrons. The minimum atomic E-state index is -3.32. The minimum absolute atomic E-state index is 0.381. The van der Waals surface area contributed by atoms with Crippen molar-refractivity contribution in [3.8, 4) is 0 Å². The van der Waals surface area contributed by atoms with Crippen molar-refractivity contribution in [3.05, 3.63) is 18.2 Å². The van der Waals surface area contributed by atoms with E-state index in [0.29, 0.717) is 26.1 Å². The van der Waals surface area contributed by atoms with Crippen molar-refractivity contribution in [2.45, 2.75) is 32.1 Å². The van der Waals surface area contributed by atoms with Crippen molar-refractivity contribution in [1.29, 1.82) is 0 Å². The number of hydrogen-bond acceptors (Lipinski definition) is 3. The van der Waals surface area contributed by atoms with E-state index in [2.05, 4.69) is 14.7 Å². The van der Waals surface area contributed by atoms with Crippen molar-refractivity contribution < 1.29 is 8.42 Å². The van der Waals surface area contributed by atoms with E-state index in [4.69, 9.17) is 0 Å². The van der Waals surface area contributed by atoms with Crippen LogP contribution in [0.25, 0.3) is 0 Å². The number of hydrogen-bond donors (Lipinski definition) is 2. The van der Waals surface area contributed by atoms with Crippen molar-refractivity contribution in [2.75, 3.05) is 19.6 Å². The normalized spacial score (nSPS) is 18.7. The Bertz CT molecular complexity index is 436. The molecule has 1 aliphatic rings. The first kappa shape index (κ1) is 13.5. The number of imidazole rings is 1. The summed E-state index contributed by atoms with van der Waals surface area (Å²) in [5.74, 6) is 0.800. The van der Waals surface area contributed by atoms with Crippen LogP contribution in [0.3, 0.4) is 0 Å². The van der Waals surface area contributed by atoms with E-state index in [-0.39, 0.29) is 0 Å². The highest BCUT2D eigenvalue weighted by Crippen LogP contribution is 2.12. The first-order chi connectivity index (χ1) is 8.68. The molecule has 6 nitrogen and oxygen atoms in total. The second-order valence-electron chi connectivity index (χ2n) is 4.50. The third-order valence-corrected chi connectivity index (χ3v) is 4.72. The lowest BCUT2D eigenvalue weighted by Gasteiger charge is -2.19. The maximum Gasteiger partial charge on any atom is 0.279 e. The molecule has 2 rings (SSSR count). The third kappa shape index (κ3) is 3.79. The Hall–Kier alpha value is -0.920. The van der Waals surface area contributed by atoms with E-state index in [9.17, 15) is 8.42 Å². The molecule has 0 spiro atoms. The van der Waals surface area contributed by atoms with Gasteiger partial charge in [-0.25, -0.2) is 9.71 Å². The molecule has 102 valence electrons. The Morgan fingerprint density at radius 2 is 2.00 bits per heavy atom. The molecule has 0 amide bonds. The van der Waals surface area contributed by atoms with Gasteiger partial charge in [0, 0.05) is 38.4 Å². The van der Waals surface area contributed by atoms with Gasteiger partial charge in [0.1, 0.15) is 5.82 Å². The lowest BCUT2D eigenvalue weighted by molar-refractivity contribution is 0.415. The lowest BCUT2D eigenvalue weighted by Crippen LogP contribution is -2.42. The molecule has 0 unspecified atom stereocenters. The minimum Gasteiger partial charge on any atom is -0.349 e. The Labute approximate surface area is 108 Å². The predicted molar refractivity (Wildman–Crippen MR) is 69.3 cm³/mol. The van der Waals surface area contributed by atoms with Gasteiger partial charge in [0.2, 0.25) is 0 Å². The van der Waals surface area contributed by atoms with Crippen LogP contribution in [-0.4, -0.2) is 42.3 Å². The summed E-state index contributed by atoms with van der Waals surface area (Å²) in [6, 6.07) is 0. The monoisotopic (exact) mass is 272 g/mol. The molecule has 0 atom stereocenters. The van der Waals surface area contributed by atoms with Gasteiger partial charge in [-0.05, 0) is 12.8 Å². The van der Waals surface area contributed by atoms with Crippen LogP contribution in [-0.2, 0) is 16.6 Å². The number of nitrogens with zero attached hydrogens (tertiary/aromatic N) is 2. The highest BCUT2D eigenvalue weighted by Gasteiger charge is 2.22. The molecule has 0 bridgehead atoms. The van der Waals surface area contributed by atoms with Gasteiger partial charge >= 0.3 is 0 Å². The standard InChI is InChI=1S/C11H20N4O2S/c16-18(17,15-9-3-1-2-4-10-15)14-6-5-11-12-7-8-13-11/h7-8,14H,1-6,9-10H2,(H,12,13). The summed E-state index contributed by atoms with van der Waals surface area (Å²) in [7, 11) is -3.32. The largest absolute Gasteiger partial charge is 0.349 e. The fourth-order valence-corrected chi connectivity index (χ4v) is 3.39. The van der Waals surface area contributed by atoms with Gasteiger partial charge in [-0.2, -0.15) is 12.7 Å². The zero-order chi connectivity index (χ0) is 12.8. The van der Waals surface area contributed by atoms with E-state index in [1.54, 1.807) is 16.7 Å². The lowest BCUT2D eigenvalue weighted by atomic mass is 10.2. The first-order valence-corrected chi connectivity index (χ1v) is 7.85. The average Bonchev–Trinajstić information content (AvgIpc) is 2.68. The van der Waals surface area contributed by atoms with E-state index < -0.39 is 10.2 Å². The molecule has 2 N–H and O–H groups in total. The summed E-state index contributed by atoms with van der Waals surface area (Å²) < 4.78 is 28.3. The molecule has 7 heteroatoms. The summed E-state index contributed by atoms with van der Waals surface area (Å²) >= 11 is 0. The Morgan fingerprint density at radius 3 is 2.61 bits per heavy atom. The molecule has 1 saturated heterocycles. The highest BCUT2D eigenvalue weighted by molar-refractivity contribution is 7.87. The molecule has 2 heterocycles. The molecule has 0 aromatic carbocycles. The number of rotatable bonds is 5. The predicted octanol–water partition coefficient (Wildman–Crippen LogP) is 0.663. The SMILES string of the molecule is O=S(=O)(NCCc1ncc[nH]1)N1CCCCCC1. The van der Waals surface area contributed by atoms with Gasteiger partial charge in [0.25, 0.3) is 10.2 Å². The number of nitrogens with one attached hydrogen (secondary N) is 2. The number of aromatic nitrogens is 2. The quantitative estimate of drug-likeness (QED) is 0.826. The summed E-state index contributed by atoms with van der Waals surface area (Å²) in [4.78, 5) is 7.01. The van der Waals surface area contributed by atoms with Crippen LogP contribution in [0.4, 0.5) is 0 Å². The summed E-state index contributed by atoms with van der Waals surface area (Å²) in [5, 5.41) is 0. The van der Waals surface area contributed by atoms with E-state index in [1.165, 1.54) is 0 Å². The van der Waals surface area contributed by atoms with Crippen molar-refractivity contribution in [1.82, 2.24) is 19.0 Å². The van der Waals surface area contributed by atoms with Crippen LogP contribution in [0.15, 0.2) is 12.4 Å². The van der Waals surface area contributed by atoms with Crippen LogP contribution in [0.1, 0.15) is 31.5 Å². The highest BCUT2D eigenvalue weighted by atomic mass is 32.2. The van der Waals surface area contributed by atoms with Crippen LogP contribution in [0, 0.1) is 0 Å². The summed E-state index contributed by atoms with van der Waals surface area (Å²) in [5.41, 5.74) is 0. The van der Waals surface area contributed by atoms with Crippen LogP contribution in [0.2, 0.25) is 0 Å². The van der Waals surface area contributed by atoms with E-state index in [1.807, 2.05) is 0 Å². The Kier molecular flexibility index (Phi) is 4.73. The van der Waals surface area contributed by atoms with Gasteiger partial charge in [-0.1, -0.05) is 12.8 Å². The fraction of sp³-hybridized carbons (Fsp3) is 0.727. The molecular weight excluding hydrogens is 252 g/mol. The zero-order valence-electron chi connectivity index (χ0n) is 10.4. The molecule has 18 heavy (non-hydrogen) atoms. The van der Waals surface area contributed by atoms with Crippen LogP contribution >= 0.6 is 0 Å². The maximum atomic E-state index is 12.1. The van der Waals surface area contributed by atoms with Gasteiger partial charge in [0.05, 0.1) is 0 Å². The number of aromatic amines is 1. The molecule has 1 aromatic heterocycles. The second-order valence-corrected chi connectivity index (χ2v) is 6.25. The van der Waals surface area contributed by atoms with Crippen LogP contribution < -0.4 is 4.72 Å². The van der Waals surface area contributed by atoms with Crippen molar-refractivity contribution >= 4 is 10.2 Å². The summed E-state index contributed by atoms with van der Waals surface area (Å²) in [6.07, 6.45) is 8.15. The number of H-pyrrole nitrogens is 1. The van der Waals surface area contributed by atoms with Crippen molar-refractivity contribution in [3.63, 3.8) is 0 Å². The molecule has 1 aliphatic heterocycles. The topological polar surface area (TPSA) is 78.1 Å². The Balaban J connectivity index is 1.82. The molecule has 0 aliphatic carbocycles. The van der Waals surface area contributed by atoms with Gasteiger partial charge in [0.15, 0.2) is 0 Å². The van der Waals surface area contributed by atoms with Gasteiger partial charge in [-0.3, -0.25) is 0 Å². The third-order valence-electron chi connectivity index (χ3n) is 3.11. The van der Waals surface area contributed by atoms with E-state index in [0.717, 1.165) is 31.5 Å². The Morgan fingerprint density at radius 1 is 1.28 bits per heavy atom. The molecule has 1 fully saturated rings. The smallest absolute Gasteiger partial charge is 0.279 e. The van der Waals surface area contributed by atoms with Gasteiger partial charge in [-0.15, -0.1) is 0 Å². The zero-order valence-corrected chi connectivity index (χ0v) is 11.2. The molecule has 1 aromatic rings. The molecular formula is C11H20N4O2S. The molecule has 0 saturated carbocycles. The van der Waals surface area contributed by atoms with Crippen molar-refractivity contribution in [2.24, 2.45) is 0 Å². The van der Waals surface area contributed by atoms with E-state index >= 15 is 0 Å². The second kappa shape index (κ2) is 6.31. The van der Waals surface area contributed by atoms with Crippen LogP contribution in [0.5, 0.6) is 0 Å². The van der Waals surface area contributed by atoms with Gasteiger partial charge < -0.3 is 4.98 Å². The summed E-state index contributed by atoms with van der Waals surface area (Å²) in [6.45, 7) is 1.65. The first-order valence-electron chi connectivity index (χ1n) is 6.41. The average molecular weight is 272 g/mol. The maximum absolute atomic E-state index is 12.1. The fourth-order valence-electron chi connectivity index (χ4n) is 2.11.